The van der Waals surface area contributed by atoms with E-state index in [0.29, 0.717) is 0 Å². The molecule has 2 aromatic rings. The van der Waals surface area contributed by atoms with E-state index in [-0.39, 0.29) is 24.0 Å². The zero-order valence-electron chi connectivity index (χ0n) is 13.0. The number of hydrogen-bond acceptors (Lipinski definition) is 4. The van der Waals surface area contributed by atoms with Crippen molar-refractivity contribution in [2.24, 2.45) is 4.99 Å². The maximum absolute atomic E-state index is 4.57. The number of aliphatic imine (C=N–C) groups is 1. The number of guanidine groups is 1. The van der Waals surface area contributed by atoms with Crippen molar-refractivity contribution in [3.63, 3.8) is 0 Å². The van der Waals surface area contributed by atoms with Crippen molar-refractivity contribution in [3.05, 3.63) is 34.8 Å². The van der Waals surface area contributed by atoms with Crippen LogP contribution in [0.2, 0.25) is 0 Å². The van der Waals surface area contributed by atoms with E-state index in [4.69, 9.17) is 0 Å². The van der Waals surface area contributed by atoms with Crippen molar-refractivity contribution in [1.29, 1.82) is 0 Å². The maximum atomic E-state index is 4.57. The SMILES string of the molecule is CCNC(=NCCc1ncc(C)s1)NCCn1ccnc1.I. The van der Waals surface area contributed by atoms with Gasteiger partial charge in [0.05, 0.1) is 11.3 Å². The van der Waals surface area contributed by atoms with Crippen LogP contribution in [0.4, 0.5) is 0 Å². The van der Waals surface area contributed by atoms with Gasteiger partial charge in [0, 0.05) is 56.1 Å². The summed E-state index contributed by atoms with van der Waals surface area (Å²) in [6.45, 7) is 7.43. The van der Waals surface area contributed by atoms with Crippen molar-refractivity contribution >= 4 is 41.3 Å². The number of nitrogens with one attached hydrogen (secondary N) is 2. The van der Waals surface area contributed by atoms with Crippen LogP contribution in [0.5, 0.6) is 0 Å². The summed E-state index contributed by atoms with van der Waals surface area (Å²) in [6.07, 6.45) is 8.36. The van der Waals surface area contributed by atoms with Crippen LogP contribution in [0, 0.1) is 6.92 Å². The first-order valence-electron chi connectivity index (χ1n) is 7.17. The fourth-order valence-corrected chi connectivity index (χ4v) is 2.62. The molecule has 2 rings (SSSR count). The highest BCUT2D eigenvalue weighted by Crippen LogP contribution is 2.11. The molecular weight excluding hydrogens is 411 g/mol. The molecule has 2 aromatic heterocycles. The van der Waals surface area contributed by atoms with Gasteiger partial charge in [-0.05, 0) is 13.8 Å². The molecule has 0 atom stereocenters. The van der Waals surface area contributed by atoms with Crippen LogP contribution in [0.15, 0.2) is 29.9 Å². The second kappa shape index (κ2) is 10.5. The molecule has 0 aliphatic heterocycles. The third-order valence-electron chi connectivity index (χ3n) is 2.83. The Kier molecular flexibility index (Phi) is 9.05. The molecule has 2 N–H and O–H groups in total. The first-order chi connectivity index (χ1) is 10.3. The lowest BCUT2D eigenvalue weighted by Gasteiger charge is -2.11. The Morgan fingerprint density at radius 1 is 1.41 bits per heavy atom. The summed E-state index contributed by atoms with van der Waals surface area (Å²) in [5.74, 6) is 0.853. The quantitative estimate of drug-likeness (QED) is 0.398. The van der Waals surface area contributed by atoms with Crippen molar-refractivity contribution < 1.29 is 0 Å². The highest BCUT2D eigenvalue weighted by Gasteiger charge is 2.00. The molecule has 0 bridgehead atoms. The molecule has 6 nitrogen and oxygen atoms in total. The molecule has 0 fully saturated rings. The summed E-state index contributed by atoms with van der Waals surface area (Å²) in [6, 6.07) is 0. The van der Waals surface area contributed by atoms with Gasteiger partial charge in [-0.25, -0.2) is 9.97 Å². The number of rotatable bonds is 7. The van der Waals surface area contributed by atoms with Gasteiger partial charge < -0.3 is 15.2 Å². The zero-order chi connectivity index (χ0) is 14.9. The smallest absolute Gasteiger partial charge is 0.191 e. The summed E-state index contributed by atoms with van der Waals surface area (Å²) in [5, 5.41) is 7.72. The number of aromatic nitrogens is 3. The number of nitrogens with zero attached hydrogens (tertiary/aromatic N) is 4. The van der Waals surface area contributed by atoms with Gasteiger partial charge in [-0.1, -0.05) is 0 Å². The molecular formula is C14H23IN6S. The van der Waals surface area contributed by atoms with Crippen LogP contribution < -0.4 is 10.6 Å². The number of hydrogen-bond donors (Lipinski definition) is 2. The maximum Gasteiger partial charge on any atom is 0.191 e. The molecule has 0 saturated heterocycles. The normalized spacial score (nSPS) is 11.1. The number of imidazole rings is 1. The van der Waals surface area contributed by atoms with Crippen LogP contribution in [-0.4, -0.2) is 40.1 Å². The standard InChI is InChI=1S/C14H22N6S.HI/c1-3-16-14(18-7-9-20-8-6-15-11-20)17-5-4-13-19-10-12(2)21-13;/h6,8,10-11H,3-5,7,9H2,1-2H3,(H2,16,17,18);1H. The fourth-order valence-electron chi connectivity index (χ4n) is 1.84. The van der Waals surface area contributed by atoms with Crippen molar-refractivity contribution in [3.8, 4) is 0 Å². The van der Waals surface area contributed by atoms with Crippen LogP contribution >= 0.6 is 35.3 Å². The number of aryl methyl sites for hydroxylation is 1. The van der Waals surface area contributed by atoms with Gasteiger partial charge in [0.1, 0.15) is 0 Å². The van der Waals surface area contributed by atoms with E-state index in [9.17, 15) is 0 Å². The highest BCUT2D eigenvalue weighted by atomic mass is 127. The lowest BCUT2D eigenvalue weighted by atomic mass is 10.4. The van der Waals surface area contributed by atoms with Crippen molar-refractivity contribution in [2.45, 2.75) is 26.8 Å². The number of thiazole rings is 1. The summed E-state index contributed by atoms with van der Waals surface area (Å²) >= 11 is 1.74. The minimum absolute atomic E-state index is 0. The predicted octanol–water partition coefficient (Wildman–Crippen LogP) is 2.06. The van der Waals surface area contributed by atoms with E-state index in [2.05, 4.69) is 39.4 Å². The Morgan fingerprint density at radius 2 is 2.27 bits per heavy atom. The Balaban J connectivity index is 0.00000242. The summed E-state index contributed by atoms with van der Waals surface area (Å²) in [4.78, 5) is 14.2. The average molecular weight is 434 g/mol. The zero-order valence-corrected chi connectivity index (χ0v) is 16.1. The van der Waals surface area contributed by atoms with E-state index < -0.39 is 0 Å². The van der Waals surface area contributed by atoms with Gasteiger partial charge in [0.15, 0.2) is 5.96 Å². The highest BCUT2D eigenvalue weighted by molar-refractivity contribution is 14.0. The Bertz CT molecular complexity index is 551. The minimum Gasteiger partial charge on any atom is -0.357 e. The molecule has 0 aromatic carbocycles. The largest absolute Gasteiger partial charge is 0.357 e. The minimum atomic E-state index is 0. The van der Waals surface area contributed by atoms with E-state index in [1.54, 1.807) is 17.5 Å². The molecule has 122 valence electrons. The molecule has 0 aliphatic rings. The first kappa shape index (κ1) is 18.9. The van der Waals surface area contributed by atoms with Gasteiger partial charge in [-0.2, -0.15) is 0 Å². The predicted molar refractivity (Wildman–Crippen MR) is 102 cm³/mol. The van der Waals surface area contributed by atoms with Gasteiger partial charge >= 0.3 is 0 Å². The Labute approximate surface area is 152 Å². The van der Waals surface area contributed by atoms with Crippen molar-refractivity contribution in [1.82, 2.24) is 25.2 Å². The van der Waals surface area contributed by atoms with E-state index in [1.807, 2.05) is 23.3 Å². The van der Waals surface area contributed by atoms with Gasteiger partial charge in [0.25, 0.3) is 0 Å². The van der Waals surface area contributed by atoms with E-state index >= 15 is 0 Å². The first-order valence-corrected chi connectivity index (χ1v) is 7.99. The topological polar surface area (TPSA) is 67.1 Å². The Morgan fingerprint density at radius 3 is 2.91 bits per heavy atom. The third-order valence-corrected chi connectivity index (χ3v) is 3.80. The molecule has 0 spiro atoms. The van der Waals surface area contributed by atoms with Crippen molar-refractivity contribution in [2.75, 3.05) is 19.6 Å². The van der Waals surface area contributed by atoms with Crippen LogP contribution in [0.1, 0.15) is 16.8 Å². The van der Waals surface area contributed by atoms with Crippen LogP contribution in [0.25, 0.3) is 0 Å². The molecule has 0 amide bonds. The lowest BCUT2D eigenvalue weighted by Crippen LogP contribution is -2.39. The molecule has 22 heavy (non-hydrogen) atoms. The fraction of sp³-hybridized carbons (Fsp3) is 0.500. The van der Waals surface area contributed by atoms with Gasteiger partial charge in [0.2, 0.25) is 0 Å². The second-order valence-electron chi connectivity index (χ2n) is 4.60. The molecule has 0 saturated carbocycles. The van der Waals surface area contributed by atoms with Crippen LogP contribution in [0.3, 0.4) is 0 Å². The van der Waals surface area contributed by atoms with E-state index in [0.717, 1.165) is 43.6 Å². The monoisotopic (exact) mass is 434 g/mol. The molecule has 2 heterocycles. The summed E-state index contributed by atoms with van der Waals surface area (Å²) in [5.41, 5.74) is 0. The molecule has 0 radical (unpaired) electrons. The third kappa shape index (κ3) is 6.73. The second-order valence-corrected chi connectivity index (χ2v) is 5.92. The molecule has 0 unspecified atom stereocenters. The average Bonchev–Trinajstić information content (AvgIpc) is 3.11. The molecule has 8 heteroatoms. The van der Waals surface area contributed by atoms with Crippen LogP contribution in [-0.2, 0) is 13.0 Å². The van der Waals surface area contributed by atoms with E-state index in [1.165, 1.54) is 4.88 Å². The lowest BCUT2D eigenvalue weighted by molar-refractivity contribution is 0.662. The summed E-state index contributed by atoms with van der Waals surface area (Å²) < 4.78 is 2.04. The van der Waals surface area contributed by atoms with Gasteiger partial charge in [-0.3, -0.25) is 4.99 Å². The van der Waals surface area contributed by atoms with Gasteiger partial charge in [-0.15, -0.1) is 35.3 Å². The Hall–Kier alpha value is -1.16. The summed E-state index contributed by atoms with van der Waals surface area (Å²) in [7, 11) is 0. The molecule has 0 aliphatic carbocycles. The number of halogens is 1.